The lowest BCUT2D eigenvalue weighted by atomic mass is 10.1. The smallest absolute Gasteiger partial charge is 0.306 e. The van der Waals surface area contributed by atoms with Crippen LogP contribution in [0.25, 0.3) is 0 Å². The number of esters is 1. The van der Waals surface area contributed by atoms with Crippen molar-refractivity contribution < 1.29 is 9.53 Å². The average Bonchev–Trinajstić information content (AvgIpc) is 1.83. The molecule has 72 valence electrons. The first-order chi connectivity index (χ1) is 5.30. The Morgan fingerprint density at radius 2 is 1.67 bits per heavy atom. The van der Waals surface area contributed by atoms with Crippen LogP contribution >= 0.6 is 0 Å². The highest BCUT2D eigenvalue weighted by molar-refractivity contribution is 6.80. The molecule has 0 bridgehead atoms. The van der Waals surface area contributed by atoms with Gasteiger partial charge < -0.3 is 4.74 Å². The summed E-state index contributed by atoms with van der Waals surface area (Å²) in [5.41, 5.74) is 0.127. The zero-order chi connectivity index (χ0) is 9.94. The van der Waals surface area contributed by atoms with Crippen molar-refractivity contribution in [2.24, 2.45) is 5.92 Å². The third-order valence-corrected chi connectivity index (χ3v) is 4.82. The van der Waals surface area contributed by atoms with Gasteiger partial charge in [-0.3, -0.25) is 4.79 Å². The van der Waals surface area contributed by atoms with E-state index in [4.69, 9.17) is 4.74 Å². The molecule has 1 atom stereocenters. The summed E-state index contributed by atoms with van der Waals surface area (Å²) in [6, 6.07) is 0. The second-order valence-corrected chi connectivity index (χ2v) is 9.96. The van der Waals surface area contributed by atoms with Crippen LogP contribution in [0.15, 0.2) is 0 Å². The van der Waals surface area contributed by atoms with Crippen LogP contribution in [-0.2, 0) is 9.53 Å². The first-order valence-electron chi connectivity index (χ1n) is 4.38. The molecule has 0 aromatic carbocycles. The molecule has 0 rings (SSSR count). The standard InChI is InChI=1S/C9H20O2Si/c1-7(2)8(9(10)11-3)12(4,5)6/h7-8H,1-6H3/t8-/m1/s1. The number of carbonyl (C=O) groups is 1. The van der Waals surface area contributed by atoms with Gasteiger partial charge in [0.25, 0.3) is 0 Å². The van der Waals surface area contributed by atoms with E-state index in [1.807, 2.05) is 0 Å². The Balaban J connectivity index is 4.56. The molecule has 0 saturated heterocycles. The fourth-order valence-electron chi connectivity index (χ4n) is 1.75. The molecule has 0 amide bonds. The first-order valence-corrected chi connectivity index (χ1v) is 7.96. The highest BCUT2D eigenvalue weighted by Gasteiger charge is 2.35. The molecule has 0 N–H and O–H groups in total. The highest BCUT2D eigenvalue weighted by atomic mass is 28.3. The van der Waals surface area contributed by atoms with E-state index in [1.54, 1.807) is 0 Å². The molecular weight excluding hydrogens is 168 g/mol. The first kappa shape index (κ1) is 11.7. The molecule has 0 spiro atoms. The second kappa shape index (κ2) is 4.08. The predicted octanol–water partition coefficient (Wildman–Crippen LogP) is 2.52. The lowest BCUT2D eigenvalue weighted by Gasteiger charge is -2.29. The van der Waals surface area contributed by atoms with E-state index in [-0.39, 0.29) is 11.5 Å². The SMILES string of the molecule is COC(=O)[C@@H](C(C)C)[Si](C)(C)C. The van der Waals surface area contributed by atoms with Crippen molar-refractivity contribution >= 4 is 14.0 Å². The van der Waals surface area contributed by atoms with Crippen molar-refractivity contribution in [3.63, 3.8) is 0 Å². The van der Waals surface area contributed by atoms with Gasteiger partial charge in [0.15, 0.2) is 0 Å². The molecule has 3 heteroatoms. The zero-order valence-electron chi connectivity index (χ0n) is 8.97. The van der Waals surface area contributed by atoms with Gasteiger partial charge in [0, 0.05) is 0 Å². The Bertz CT molecular complexity index is 158. The molecular formula is C9H20O2Si. The third-order valence-electron chi connectivity index (χ3n) is 2.05. The van der Waals surface area contributed by atoms with Gasteiger partial charge in [0.05, 0.1) is 20.7 Å². The number of hydrogen-bond donors (Lipinski definition) is 0. The molecule has 0 aliphatic heterocycles. The molecule has 0 saturated carbocycles. The van der Waals surface area contributed by atoms with Crippen molar-refractivity contribution in [2.75, 3.05) is 7.11 Å². The van der Waals surface area contributed by atoms with E-state index in [2.05, 4.69) is 33.5 Å². The van der Waals surface area contributed by atoms with E-state index in [1.165, 1.54) is 7.11 Å². The molecule has 0 aliphatic carbocycles. The zero-order valence-corrected chi connectivity index (χ0v) is 9.97. The van der Waals surface area contributed by atoms with Crippen LogP contribution < -0.4 is 0 Å². The maximum absolute atomic E-state index is 11.4. The summed E-state index contributed by atoms with van der Waals surface area (Å²) >= 11 is 0. The van der Waals surface area contributed by atoms with Crippen molar-refractivity contribution in [3.8, 4) is 0 Å². The maximum atomic E-state index is 11.4. The van der Waals surface area contributed by atoms with Crippen LogP contribution in [0.3, 0.4) is 0 Å². The van der Waals surface area contributed by atoms with E-state index in [0.29, 0.717) is 5.92 Å². The molecule has 0 unspecified atom stereocenters. The molecule has 0 aromatic rings. The van der Waals surface area contributed by atoms with Gasteiger partial charge >= 0.3 is 5.97 Å². The summed E-state index contributed by atoms with van der Waals surface area (Å²) in [6.07, 6.45) is 0. The number of hydrogen-bond acceptors (Lipinski definition) is 2. The summed E-state index contributed by atoms with van der Waals surface area (Å²) < 4.78 is 4.80. The highest BCUT2D eigenvalue weighted by Crippen LogP contribution is 2.30. The minimum Gasteiger partial charge on any atom is -0.469 e. The lowest BCUT2D eigenvalue weighted by Crippen LogP contribution is -2.37. The van der Waals surface area contributed by atoms with Gasteiger partial charge in [-0.15, -0.1) is 0 Å². The third kappa shape index (κ3) is 2.97. The quantitative estimate of drug-likeness (QED) is 0.502. The van der Waals surface area contributed by atoms with E-state index in [9.17, 15) is 4.79 Å². The van der Waals surface area contributed by atoms with Gasteiger partial charge in [-0.1, -0.05) is 33.5 Å². The molecule has 0 radical (unpaired) electrons. The van der Waals surface area contributed by atoms with Crippen LogP contribution in [0.5, 0.6) is 0 Å². The van der Waals surface area contributed by atoms with E-state index in [0.717, 1.165) is 0 Å². The summed E-state index contributed by atoms with van der Waals surface area (Å²) in [4.78, 5) is 11.4. The fraction of sp³-hybridized carbons (Fsp3) is 0.889. The van der Waals surface area contributed by atoms with E-state index < -0.39 is 8.07 Å². The van der Waals surface area contributed by atoms with Crippen LogP contribution in [0.1, 0.15) is 13.8 Å². The van der Waals surface area contributed by atoms with Gasteiger partial charge in [-0.25, -0.2) is 0 Å². The largest absolute Gasteiger partial charge is 0.469 e. The van der Waals surface area contributed by atoms with Gasteiger partial charge in [0.2, 0.25) is 0 Å². The molecule has 0 fully saturated rings. The Morgan fingerprint density at radius 3 is 1.75 bits per heavy atom. The minimum atomic E-state index is -1.41. The maximum Gasteiger partial charge on any atom is 0.306 e. The molecule has 0 heterocycles. The summed E-state index contributed by atoms with van der Waals surface area (Å²) in [5, 5.41) is 0. The molecule has 0 aromatic heterocycles. The van der Waals surface area contributed by atoms with Gasteiger partial charge in [-0.2, -0.15) is 0 Å². The van der Waals surface area contributed by atoms with Crippen molar-refractivity contribution in [3.05, 3.63) is 0 Å². The van der Waals surface area contributed by atoms with Crippen molar-refractivity contribution in [2.45, 2.75) is 39.0 Å². The fourth-order valence-corrected chi connectivity index (χ4v) is 4.58. The molecule has 2 nitrogen and oxygen atoms in total. The Kier molecular flexibility index (Phi) is 3.97. The minimum absolute atomic E-state index is 0.0378. The Morgan fingerprint density at radius 1 is 1.25 bits per heavy atom. The van der Waals surface area contributed by atoms with E-state index >= 15 is 0 Å². The van der Waals surface area contributed by atoms with Crippen LogP contribution in [-0.4, -0.2) is 21.2 Å². The second-order valence-electron chi connectivity index (χ2n) is 4.61. The van der Waals surface area contributed by atoms with Crippen LogP contribution in [0, 0.1) is 5.92 Å². The number of carbonyl (C=O) groups excluding carboxylic acids is 1. The molecule has 12 heavy (non-hydrogen) atoms. The van der Waals surface area contributed by atoms with Crippen LogP contribution in [0.2, 0.25) is 25.2 Å². The average molecular weight is 188 g/mol. The summed E-state index contributed by atoms with van der Waals surface area (Å²) in [7, 11) is 0.0618. The number of methoxy groups -OCH3 is 1. The Labute approximate surface area is 76.3 Å². The normalized spacial score (nSPS) is 14.6. The summed E-state index contributed by atoms with van der Waals surface area (Å²) in [6.45, 7) is 10.8. The lowest BCUT2D eigenvalue weighted by molar-refractivity contribution is -0.141. The van der Waals surface area contributed by atoms with Gasteiger partial charge in [-0.05, 0) is 5.92 Å². The molecule has 0 aliphatic rings. The number of rotatable bonds is 3. The van der Waals surface area contributed by atoms with Gasteiger partial charge in [0.1, 0.15) is 0 Å². The number of ether oxygens (including phenoxy) is 1. The monoisotopic (exact) mass is 188 g/mol. The predicted molar refractivity (Wildman–Crippen MR) is 54.0 cm³/mol. The van der Waals surface area contributed by atoms with Crippen molar-refractivity contribution in [1.29, 1.82) is 0 Å². The Hall–Kier alpha value is -0.313. The van der Waals surface area contributed by atoms with Crippen molar-refractivity contribution in [1.82, 2.24) is 0 Å². The topological polar surface area (TPSA) is 26.3 Å². The van der Waals surface area contributed by atoms with Crippen LogP contribution in [0.4, 0.5) is 0 Å². The summed E-state index contributed by atoms with van der Waals surface area (Å²) in [5.74, 6) is 0.355.